The SMILES string of the molecule is O=C1Cc2ccccc2C[Se]1. The van der Waals surface area contributed by atoms with Crippen molar-refractivity contribution < 1.29 is 4.79 Å². The first-order valence-corrected chi connectivity index (χ1v) is 5.65. The summed E-state index contributed by atoms with van der Waals surface area (Å²) in [5.74, 6) is 0. The molecule has 0 saturated heterocycles. The summed E-state index contributed by atoms with van der Waals surface area (Å²) in [6.45, 7) is 0. The molecule has 1 aromatic carbocycles. The molecular formula is C9H8OSe. The second-order valence-electron chi connectivity index (χ2n) is 2.61. The van der Waals surface area contributed by atoms with Crippen molar-refractivity contribution in [3.05, 3.63) is 35.4 Å². The maximum atomic E-state index is 11.1. The fourth-order valence-corrected chi connectivity index (χ4v) is 3.03. The minimum atomic E-state index is 0.217. The number of hydrogen-bond acceptors (Lipinski definition) is 1. The van der Waals surface area contributed by atoms with Gasteiger partial charge in [-0.25, -0.2) is 0 Å². The normalized spacial score (nSPS) is 16.2. The number of carbonyl (C=O) groups excluding carboxylic acids is 1. The summed E-state index contributed by atoms with van der Waals surface area (Å²) in [6.07, 6.45) is 0.677. The van der Waals surface area contributed by atoms with Crippen LogP contribution < -0.4 is 0 Å². The van der Waals surface area contributed by atoms with Gasteiger partial charge in [0.15, 0.2) is 0 Å². The van der Waals surface area contributed by atoms with Gasteiger partial charge in [0.05, 0.1) is 0 Å². The van der Waals surface area contributed by atoms with Crippen LogP contribution in [0.1, 0.15) is 11.1 Å². The predicted molar refractivity (Wildman–Crippen MR) is 44.6 cm³/mol. The van der Waals surface area contributed by atoms with Crippen molar-refractivity contribution in [3.63, 3.8) is 0 Å². The van der Waals surface area contributed by atoms with Gasteiger partial charge in [0.1, 0.15) is 0 Å². The number of rotatable bonds is 0. The van der Waals surface area contributed by atoms with E-state index in [1.807, 2.05) is 12.1 Å². The zero-order valence-electron chi connectivity index (χ0n) is 6.04. The van der Waals surface area contributed by atoms with Gasteiger partial charge in [-0.1, -0.05) is 0 Å². The summed E-state index contributed by atoms with van der Waals surface area (Å²) < 4.78 is 0.441. The molecule has 0 aliphatic carbocycles. The van der Waals surface area contributed by atoms with Crippen molar-refractivity contribution in [2.24, 2.45) is 0 Å². The molecule has 1 nitrogen and oxygen atoms in total. The molecule has 1 aliphatic rings. The van der Waals surface area contributed by atoms with Crippen LogP contribution in [-0.2, 0) is 16.5 Å². The van der Waals surface area contributed by atoms with Crippen molar-refractivity contribution in [1.29, 1.82) is 0 Å². The second kappa shape index (κ2) is 2.80. The summed E-state index contributed by atoms with van der Waals surface area (Å²) in [5, 5.41) is 1.00. The molecule has 0 atom stereocenters. The Hall–Kier alpha value is -0.591. The van der Waals surface area contributed by atoms with Crippen LogP contribution in [0, 0.1) is 0 Å². The molecule has 56 valence electrons. The Morgan fingerprint density at radius 3 is 2.73 bits per heavy atom. The Labute approximate surface area is 72.0 Å². The Morgan fingerprint density at radius 2 is 1.91 bits per heavy atom. The van der Waals surface area contributed by atoms with Gasteiger partial charge >= 0.3 is 71.6 Å². The van der Waals surface area contributed by atoms with E-state index in [2.05, 4.69) is 12.1 Å². The van der Waals surface area contributed by atoms with E-state index in [0.717, 1.165) is 5.32 Å². The third-order valence-corrected chi connectivity index (χ3v) is 3.78. The van der Waals surface area contributed by atoms with Crippen molar-refractivity contribution in [2.45, 2.75) is 11.7 Å². The van der Waals surface area contributed by atoms with Crippen LogP contribution in [0.4, 0.5) is 0 Å². The molecule has 11 heavy (non-hydrogen) atoms. The third kappa shape index (κ3) is 1.37. The Kier molecular flexibility index (Phi) is 1.80. The van der Waals surface area contributed by atoms with Crippen molar-refractivity contribution in [3.8, 4) is 0 Å². The molecule has 0 fully saturated rings. The zero-order valence-corrected chi connectivity index (χ0v) is 7.75. The quantitative estimate of drug-likeness (QED) is 0.584. The Balaban J connectivity index is 2.41. The molecule has 0 spiro atoms. The third-order valence-electron chi connectivity index (χ3n) is 1.84. The van der Waals surface area contributed by atoms with Crippen molar-refractivity contribution in [1.82, 2.24) is 0 Å². The molecule has 1 heterocycles. The van der Waals surface area contributed by atoms with Gasteiger partial charge in [-0.15, -0.1) is 0 Å². The van der Waals surface area contributed by atoms with Crippen LogP contribution in [0.3, 0.4) is 0 Å². The van der Waals surface area contributed by atoms with Crippen LogP contribution >= 0.6 is 0 Å². The Morgan fingerprint density at radius 1 is 1.18 bits per heavy atom. The summed E-state index contributed by atoms with van der Waals surface area (Å²) in [4.78, 5) is 11.1. The van der Waals surface area contributed by atoms with E-state index in [9.17, 15) is 4.79 Å². The van der Waals surface area contributed by atoms with E-state index < -0.39 is 0 Å². The fraction of sp³-hybridized carbons (Fsp3) is 0.222. The van der Waals surface area contributed by atoms with E-state index in [1.165, 1.54) is 11.1 Å². The fourth-order valence-electron chi connectivity index (χ4n) is 1.24. The molecule has 0 aromatic heterocycles. The number of hydrogen-bond donors (Lipinski definition) is 0. The van der Waals surface area contributed by atoms with E-state index in [1.54, 1.807) is 0 Å². The first-order valence-electron chi connectivity index (χ1n) is 3.58. The summed E-state index contributed by atoms with van der Waals surface area (Å²) in [7, 11) is 0. The zero-order chi connectivity index (χ0) is 7.68. The molecule has 1 aromatic rings. The topological polar surface area (TPSA) is 17.1 Å². The average molecular weight is 211 g/mol. The standard InChI is InChI=1S/C9H8OSe/c10-9-5-7-3-1-2-4-8(7)6-11-9/h1-4H,5-6H2. The maximum absolute atomic E-state index is 11.1. The summed E-state index contributed by atoms with van der Waals surface area (Å²) >= 11 is 0.217. The molecule has 0 N–H and O–H groups in total. The number of carbonyl (C=O) groups is 1. The van der Waals surface area contributed by atoms with Gasteiger partial charge in [-0.2, -0.15) is 0 Å². The second-order valence-corrected chi connectivity index (χ2v) is 4.77. The monoisotopic (exact) mass is 212 g/mol. The van der Waals surface area contributed by atoms with Crippen LogP contribution in [0.25, 0.3) is 0 Å². The molecule has 2 rings (SSSR count). The number of benzene rings is 1. The summed E-state index contributed by atoms with van der Waals surface area (Å²) in [5.41, 5.74) is 2.62. The van der Waals surface area contributed by atoms with Gasteiger partial charge in [0.2, 0.25) is 0 Å². The predicted octanol–water partition coefficient (Wildman–Crippen LogP) is 0.974. The average Bonchev–Trinajstić information content (AvgIpc) is 2.04. The molecular weight excluding hydrogens is 203 g/mol. The Bertz CT molecular complexity index is 293. The molecule has 2 heteroatoms. The van der Waals surface area contributed by atoms with Gasteiger partial charge in [-0.05, 0) is 0 Å². The van der Waals surface area contributed by atoms with Crippen LogP contribution in [0.5, 0.6) is 0 Å². The van der Waals surface area contributed by atoms with Crippen LogP contribution in [0.15, 0.2) is 24.3 Å². The van der Waals surface area contributed by atoms with Gasteiger partial charge in [0, 0.05) is 0 Å². The molecule has 0 radical (unpaired) electrons. The molecule has 0 unspecified atom stereocenters. The van der Waals surface area contributed by atoms with E-state index in [0.29, 0.717) is 11.1 Å². The molecule has 0 bridgehead atoms. The molecule has 0 amide bonds. The van der Waals surface area contributed by atoms with Crippen LogP contribution in [-0.4, -0.2) is 19.6 Å². The van der Waals surface area contributed by atoms with Gasteiger partial charge in [0.25, 0.3) is 0 Å². The van der Waals surface area contributed by atoms with E-state index >= 15 is 0 Å². The van der Waals surface area contributed by atoms with Crippen LogP contribution in [0.2, 0.25) is 0 Å². The minimum absolute atomic E-state index is 0.217. The van der Waals surface area contributed by atoms with E-state index in [-0.39, 0.29) is 15.0 Å². The van der Waals surface area contributed by atoms with Gasteiger partial charge < -0.3 is 0 Å². The first-order chi connectivity index (χ1) is 5.36. The van der Waals surface area contributed by atoms with E-state index in [4.69, 9.17) is 0 Å². The summed E-state index contributed by atoms with van der Waals surface area (Å²) in [6, 6.07) is 8.24. The molecule has 1 aliphatic heterocycles. The van der Waals surface area contributed by atoms with Crippen molar-refractivity contribution >= 4 is 19.6 Å². The van der Waals surface area contributed by atoms with Crippen molar-refractivity contribution in [2.75, 3.05) is 0 Å². The number of fused-ring (bicyclic) bond motifs is 1. The van der Waals surface area contributed by atoms with Gasteiger partial charge in [-0.3, -0.25) is 0 Å². The first kappa shape index (κ1) is 7.08. The molecule has 0 saturated carbocycles.